The zero-order valence-electron chi connectivity index (χ0n) is 11.4. The molecule has 1 amide bonds. The van der Waals surface area contributed by atoms with Gasteiger partial charge in [-0.1, -0.05) is 26.0 Å². The lowest BCUT2D eigenvalue weighted by Crippen LogP contribution is -2.32. The maximum Gasteiger partial charge on any atom is 0.224 e. The number of carbonyl (C=O) groups excluding carboxylic acids is 1. The molecule has 0 aliphatic carbocycles. The van der Waals surface area contributed by atoms with Gasteiger partial charge in [0.05, 0.1) is 0 Å². The average Bonchev–Trinajstić information content (AvgIpc) is 2.35. The predicted octanol–water partition coefficient (Wildman–Crippen LogP) is 2.36. The Morgan fingerprint density at radius 1 is 1.33 bits per heavy atom. The van der Waals surface area contributed by atoms with E-state index in [9.17, 15) is 4.79 Å². The van der Waals surface area contributed by atoms with Crippen molar-refractivity contribution in [2.24, 2.45) is 5.92 Å². The number of amides is 1. The monoisotopic (exact) mass is 246 g/mol. The van der Waals surface area contributed by atoms with Crippen LogP contribution in [0.15, 0.2) is 18.2 Å². The van der Waals surface area contributed by atoms with Crippen LogP contribution in [0, 0.1) is 5.92 Å². The van der Waals surface area contributed by atoms with E-state index in [4.69, 9.17) is 0 Å². The SMILES string of the molecule is CNC(Cc1ccc2c(c1)CCC(=O)N2)C(C)C. The summed E-state index contributed by atoms with van der Waals surface area (Å²) in [7, 11) is 2.02. The van der Waals surface area contributed by atoms with Crippen molar-refractivity contribution in [3.8, 4) is 0 Å². The number of hydrogen-bond donors (Lipinski definition) is 2. The summed E-state index contributed by atoms with van der Waals surface area (Å²) < 4.78 is 0. The van der Waals surface area contributed by atoms with Gasteiger partial charge in [-0.15, -0.1) is 0 Å². The number of anilines is 1. The van der Waals surface area contributed by atoms with Crippen LogP contribution in [0.1, 0.15) is 31.4 Å². The highest BCUT2D eigenvalue weighted by Gasteiger charge is 2.16. The first-order chi connectivity index (χ1) is 8.60. The number of nitrogens with one attached hydrogen (secondary N) is 2. The number of rotatable bonds is 4. The van der Waals surface area contributed by atoms with Gasteiger partial charge in [0.15, 0.2) is 0 Å². The minimum absolute atomic E-state index is 0.130. The molecule has 1 aliphatic rings. The summed E-state index contributed by atoms with van der Waals surface area (Å²) in [5.41, 5.74) is 3.60. The lowest BCUT2D eigenvalue weighted by molar-refractivity contribution is -0.116. The van der Waals surface area contributed by atoms with E-state index in [2.05, 4.69) is 36.6 Å². The molecule has 1 heterocycles. The Bertz CT molecular complexity index is 440. The van der Waals surface area contributed by atoms with Crippen molar-refractivity contribution in [2.45, 2.75) is 39.2 Å². The zero-order chi connectivity index (χ0) is 13.1. The zero-order valence-corrected chi connectivity index (χ0v) is 11.4. The number of benzene rings is 1. The summed E-state index contributed by atoms with van der Waals surface area (Å²) in [5, 5.41) is 6.29. The molecule has 2 N–H and O–H groups in total. The third kappa shape index (κ3) is 2.91. The maximum atomic E-state index is 11.3. The summed E-state index contributed by atoms with van der Waals surface area (Å²) >= 11 is 0. The highest BCUT2D eigenvalue weighted by molar-refractivity contribution is 5.93. The third-order valence-corrected chi connectivity index (χ3v) is 3.70. The highest BCUT2D eigenvalue weighted by Crippen LogP contribution is 2.24. The van der Waals surface area contributed by atoms with E-state index in [1.54, 1.807) is 0 Å². The molecule has 0 bridgehead atoms. The molecule has 1 aromatic rings. The van der Waals surface area contributed by atoms with E-state index in [0.717, 1.165) is 18.5 Å². The van der Waals surface area contributed by atoms with Gasteiger partial charge >= 0.3 is 0 Å². The van der Waals surface area contributed by atoms with Gasteiger partial charge in [-0.25, -0.2) is 0 Å². The fourth-order valence-electron chi connectivity index (χ4n) is 2.49. The highest BCUT2D eigenvalue weighted by atomic mass is 16.1. The maximum absolute atomic E-state index is 11.3. The standard InChI is InChI=1S/C15H22N2O/c1-10(2)14(16-3)9-11-4-6-13-12(8-11)5-7-15(18)17-13/h4,6,8,10,14,16H,5,7,9H2,1-3H3,(H,17,18). The Morgan fingerprint density at radius 2 is 2.11 bits per heavy atom. The normalized spacial score (nSPS) is 16.3. The molecule has 98 valence electrons. The Kier molecular flexibility index (Phi) is 4.02. The Hall–Kier alpha value is -1.35. The van der Waals surface area contributed by atoms with Crippen molar-refractivity contribution in [1.82, 2.24) is 5.32 Å². The first-order valence-electron chi connectivity index (χ1n) is 6.69. The van der Waals surface area contributed by atoms with Crippen LogP contribution in [-0.2, 0) is 17.6 Å². The van der Waals surface area contributed by atoms with Crippen LogP contribution in [0.3, 0.4) is 0 Å². The number of aryl methyl sites for hydroxylation is 1. The number of carbonyl (C=O) groups is 1. The molecule has 3 nitrogen and oxygen atoms in total. The number of hydrogen-bond acceptors (Lipinski definition) is 2. The second-order valence-corrected chi connectivity index (χ2v) is 5.38. The second-order valence-electron chi connectivity index (χ2n) is 5.38. The molecule has 1 aromatic carbocycles. The second kappa shape index (κ2) is 5.53. The van der Waals surface area contributed by atoms with Gasteiger partial charge in [-0.2, -0.15) is 0 Å². The molecule has 3 heteroatoms. The Labute approximate surface area is 109 Å². The van der Waals surface area contributed by atoms with Crippen LogP contribution < -0.4 is 10.6 Å². The molecule has 0 spiro atoms. The van der Waals surface area contributed by atoms with Crippen molar-refractivity contribution in [2.75, 3.05) is 12.4 Å². The Balaban J connectivity index is 2.14. The number of fused-ring (bicyclic) bond motifs is 1. The van der Waals surface area contributed by atoms with Crippen LogP contribution >= 0.6 is 0 Å². The van der Waals surface area contributed by atoms with E-state index in [-0.39, 0.29) is 5.91 Å². The lowest BCUT2D eigenvalue weighted by atomic mass is 9.93. The minimum Gasteiger partial charge on any atom is -0.326 e. The molecule has 1 atom stereocenters. The summed E-state index contributed by atoms with van der Waals surface area (Å²) in [6, 6.07) is 6.90. The Morgan fingerprint density at radius 3 is 2.78 bits per heavy atom. The van der Waals surface area contributed by atoms with Crippen molar-refractivity contribution in [3.05, 3.63) is 29.3 Å². The molecule has 18 heavy (non-hydrogen) atoms. The van der Waals surface area contributed by atoms with E-state index >= 15 is 0 Å². The van der Waals surface area contributed by atoms with Gasteiger partial charge < -0.3 is 10.6 Å². The largest absolute Gasteiger partial charge is 0.326 e. The van der Waals surface area contributed by atoms with Gasteiger partial charge in [0, 0.05) is 18.2 Å². The molecule has 0 saturated heterocycles. The molecule has 1 aliphatic heterocycles. The fourth-order valence-corrected chi connectivity index (χ4v) is 2.49. The minimum atomic E-state index is 0.130. The summed E-state index contributed by atoms with van der Waals surface area (Å²) in [6.45, 7) is 4.47. The summed E-state index contributed by atoms with van der Waals surface area (Å²) in [5.74, 6) is 0.747. The van der Waals surface area contributed by atoms with Crippen molar-refractivity contribution >= 4 is 11.6 Å². The van der Waals surface area contributed by atoms with Gasteiger partial charge in [0.2, 0.25) is 5.91 Å². The average molecular weight is 246 g/mol. The van der Waals surface area contributed by atoms with Crippen molar-refractivity contribution < 1.29 is 4.79 Å². The van der Waals surface area contributed by atoms with E-state index in [1.165, 1.54) is 11.1 Å². The first kappa shape index (κ1) is 13.1. The molecular weight excluding hydrogens is 224 g/mol. The van der Waals surface area contributed by atoms with E-state index < -0.39 is 0 Å². The molecule has 0 aromatic heterocycles. The summed E-state index contributed by atoms with van der Waals surface area (Å²) in [6.07, 6.45) is 2.51. The summed E-state index contributed by atoms with van der Waals surface area (Å²) in [4.78, 5) is 11.3. The first-order valence-corrected chi connectivity index (χ1v) is 6.69. The van der Waals surface area contributed by atoms with Gasteiger partial charge in [0.1, 0.15) is 0 Å². The van der Waals surface area contributed by atoms with Crippen LogP contribution in [0.4, 0.5) is 5.69 Å². The smallest absolute Gasteiger partial charge is 0.224 e. The van der Waals surface area contributed by atoms with Crippen LogP contribution in [0.5, 0.6) is 0 Å². The quantitative estimate of drug-likeness (QED) is 0.856. The van der Waals surface area contributed by atoms with E-state index in [0.29, 0.717) is 18.4 Å². The molecule has 2 rings (SSSR count). The molecule has 0 radical (unpaired) electrons. The molecular formula is C15H22N2O. The molecule has 0 saturated carbocycles. The van der Waals surface area contributed by atoms with Crippen LogP contribution in [-0.4, -0.2) is 19.0 Å². The third-order valence-electron chi connectivity index (χ3n) is 3.70. The molecule has 0 fully saturated rings. The number of likely N-dealkylation sites (N-methyl/N-ethyl adjacent to an activating group) is 1. The van der Waals surface area contributed by atoms with Crippen LogP contribution in [0.25, 0.3) is 0 Å². The van der Waals surface area contributed by atoms with E-state index in [1.807, 2.05) is 13.1 Å². The van der Waals surface area contributed by atoms with Gasteiger partial charge in [0.25, 0.3) is 0 Å². The van der Waals surface area contributed by atoms with Crippen molar-refractivity contribution in [3.63, 3.8) is 0 Å². The molecule has 1 unspecified atom stereocenters. The van der Waals surface area contributed by atoms with Gasteiger partial charge in [-0.3, -0.25) is 4.79 Å². The lowest BCUT2D eigenvalue weighted by Gasteiger charge is -2.22. The van der Waals surface area contributed by atoms with Gasteiger partial charge in [-0.05, 0) is 43.0 Å². The van der Waals surface area contributed by atoms with Crippen molar-refractivity contribution in [1.29, 1.82) is 0 Å². The topological polar surface area (TPSA) is 41.1 Å². The fraction of sp³-hybridized carbons (Fsp3) is 0.533. The predicted molar refractivity (Wildman–Crippen MR) is 74.8 cm³/mol. The van der Waals surface area contributed by atoms with Crippen LogP contribution in [0.2, 0.25) is 0 Å².